The summed E-state index contributed by atoms with van der Waals surface area (Å²) in [4.78, 5) is 15.2. The quantitative estimate of drug-likeness (QED) is 0.807. The van der Waals surface area contributed by atoms with Crippen molar-refractivity contribution >= 4 is 21.6 Å². The van der Waals surface area contributed by atoms with Crippen LogP contribution in [0.4, 0.5) is 5.69 Å². The van der Waals surface area contributed by atoms with Gasteiger partial charge in [-0.05, 0) is 51.1 Å². The second-order valence-corrected chi connectivity index (χ2v) is 9.45. The van der Waals surface area contributed by atoms with Crippen LogP contribution in [0, 0.1) is 0 Å². The van der Waals surface area contributed by atoms with Crippen LogP contribution >= 0.6 is 0 Å². The normalized spacial score (nSPS) is 21.5. The lowest BCUT2D eigenvalue weighted by molar-refractivity contribution is -0.120. The lowest BCUT2D eigenvalue weighted by Crippen LogP contribution is -2.43. The molecule has 0 aliphatic carbocycles. The summed E-state index contributed by atoms with van der Waals surface area (Å²) in [6.45, 7) is 5.30. The summed E-state index contributed by atoms with van der Waals surface area (Å²) >= 11 is 0. The van der Waals surface area contributed by atoms with Crippen LogP contribution in [-0.4, -0.2) is 69.0 Å². The van der Waals surface area contributed by atoms with Crippen molar-refractivity contribution in [1.82, 2.24) is 9.21 Å². The first-order chi connectivity index (χ1) is 13.5. The van der Waals surface area contributed by atoms with E-state index in [1.165, 1.54) is 23.6 Å². The first-order valence-corrected chi connectivity index (χ1v) is 11.7. The van der Waals surface area contributed by atoms with Crippen LogP contribution in [0.5, 0.6) is 0 Å². The fraction of sp³-hybridized carbons (Fsp3) is 0.650. The molecule has 7 nitrogen and oxygen atoms in total. The second-order valence-electron chi connectivity index (χ2n) is 7.51. The molecular weight excluding hydrogens is 378 g/mol. The number of nitrogens with one attached hydrogen (secondary N) is 1. The van der Waals surface area contributed by atoms with Gasteiger partial charge >= 0.3 is 0 Å². The SMILES string of the molecule is C[C@H](C(=O)Nc1cccc(S(=O)(=O)N2CCOCC2)c1)N1CCCCCCC1. The number of nitrogens with zero attached hydrogens (tertiary/aromatic N) is 2. The molecule has 1 aromatic carbocycles. The van der Waals surface area contributed by atoms with Gasteiger partial charge < -0.3 is 10.1 Å². The summed E-state index contributed by atoms with van der Waals surface area (Å²) in [6.07, 6.45) is 5.94. The average Bonchev–Trinajstić information content (AvgIpc) is 2.68. The van der Waals surface area contributed by atoms with Gasteiger partial charge in [-0.1, -0.05) is 25.3 Å². The zero-order chi connectivity index (χ0) is 20.0. The first kappa shape index (κ1) is 21.2. The molecule has 0 spiro atoms. The highest BCUT2D eigenvalue weighted by Gasteiger charge is 2.27. The predicted molar refractivity (Wildman–Crippen MR) is 109 cm³/mol. The van der Waals surface area contributed by atoms with Crippen LogP contribution in [0.25, 0.3) is 0 Å². The third kappa shape index (κ3) is 5.31. The van der Waals surface area contributed by atoms with Crippen LogP contribution in [0.3, 0.4) is 0 Å². The molecule has 156 valence electrons. The standard InChI is InChI=1S/C20H31N3O4S/c1-17(22-10-5-3-2-4-6-11-22)20(24)21-18-8-7-9-19(16-18)28(25,26)23-12-14-27-15-13-23/h7-9,16-17H,2-6,10-15H2,1H3,(H,21,24)/t17-/m1/s1. The van der Waals surface area contributed by atoms with Crippen LogP contribution in [-0.2, 0) is 19.6 Å². The smallest absolute Gasteiger partial charge is 0.243 e. The van der Waals surface area contributed by atoms with Gasteiger partial charge in [0.15, 0.2) is 0 Å². The molecule has 2 aliphatic rings. The molecule has 0 aromatic heterocycles. The molecule has 1 amide bonds. The monoisotopic (exact) mass is 409 g/mol. The Morgan fingerprint density at radius 3 is 2.36 bits per heavy atom. The Labute approximate surface area is 168 Å². The summed E-state index contributed by atoms with van der Waals surface area (Å²) in [7, 11) is -3.58. The molecule has 2 heterocycles. The zero-order valence-electron chi connectivity index (χ0n) is 16.6. The molecule has 0 saturated carbocycles. The summed E-state index contributed by atoms with van der Waals surface area (Å²) < 4.78 is 32.3. The summed E-state index contributed by atoms with van der Waals surface area (Å²) in [5, 5.41) is 2.90. The van der Waals surface area contributed by atoms with Crippen molar-refractivity contribution in [2.75, 3.05) is 44.7 Å². The number of benzene rings is 1. The zero-order valence-corrected chi connectivity index (χ0v) is 17.4. The van der Waals surface area contributed by atoms with E-state index in [1.54, 1.807) is 24.3 Å². The Balaban J connectivity index is 1.67. The number of anilines is 1. The molecule has 1 atom stereocenters. The molecule has 3 rings (SSSR count). The van der Waals surface area contributed by atoms with Gasteiger partial charge in [0.1, 0.15) is 0 Å². The third-order valence-corrected chi connectivity index (χ3v) is 7.42. The molecule has 2 fully saturated rings. The largest absolute Gasteiger partial charge is 0.379 e. The van der Waals surface area contributed by atoms with Crippen molar-refractivity contribution in [2.45, 2.75) is 50.0 Å². The maximum Gasteiger partial charge on any atom is 0.243 e. The van der Waals surface area contributed by atoms with Crippen LogP contribution in [0.2, 0.25) is 0 Å². The van der Waals surface area contributed by atoms with Crippen molar-refractivity contribution in [1.29, 1.82) is 0 Å². The number of morpholine rings is 1. The number of amides is 1. The highest BCUT2D eigenvalue weighted by atomic mass is 32.2. The molecule has 1 N–H and O–H groups in total. The van der Waals surface area contributed by atoms with Crippen molar-refractivity contribution < 1.29 is 17.9 Å². The molecule has 2 aliphatic heterocycles. The minimum absolute atomic E-state index is 0.0958. The van der Waals surface area contributed by atoms with Gasteiger partial charge in [0.2, 0.25) is 15.9 Å². The lowest BCUT2D eigenvalue weighted by atomic mass is 10.1. The van der Waals surface area contributed by atoms with E-state index in [-0.39, 0.29) is 16.8 Å². The van der Waals surface area contributed by atoms with Gasteiger partial charge in [0, 0.05) is 18.8 Å². The summed E-state index contributed by atoms with van der Waals surface area (Å²) in [5.74, 6) is -0.0958. The lowest BCUT2D eigenvalue weighted by Gasteiger charge is -2.29. The number of carbonyl (C=O) groups excluding carboxylic acids is 1. The van der Waals surface area contributed by atoms with E-state index < -0.39 is 10.0 Å². The Morgan fingerprint density at radius 1 is 1.04 bits per heavy atom. The van der Waals surface area contributed by atoms with Gasteiger partial charge in [-0.25, -0.2) is 8.42 Å². The minimum Gasteiger partial charge on any atom is -0.379 e. The van der Waals surface area contributed by atoms with Gasteiger partial charge in [-0.3, -0.25) is 9.69 Å². The van der Waals surface area contributed by atoms with Gasteiger partial charge in [-0.2, -0.15) is 4.31 Å². The van der Waals surface area contributed by atoms with Gasteiger partial charge in [-0.15, -0.1) is 0 Å². The fourth-order valence-corrected chi connectivity index (χ4v) is 5.20. The van der Waals surface area contributed by atoms with Crippen molar-refractivity contribution in [3.8, 4) is 0 Å². The maximum absolute atomic E-state index is 12.8. The maximum atomic E-state index is 12.8. The number of carbonyl (C=O) groups is 1. The predicted octanol–water partition coefficient (Wildman–Crippen LogP) is 2.30. The van der Waals surface area contributed by atoms with Crippen molar-refractivity contribution in [3.05, 3.63) is 24.3 Å². The van der Waals surface area contributed by atoms with Crippen LogP contribution in [0.1, 0.15) is 39.0 Å². The molecule has 28 heavy (non-hydrogen) atoms. The number of hydrogen-bond donors (Lipinski definition) is 1. The first-order valence-electron chi connectivity index (χ1n) is 10.2. The van der Waals surface area contributed by atoms with Crippen molar-refractivity contribution in [3.63, 3.8) is 0 Å². The van der Waals surface area contributed by atoms with E-state index in [2.05, 4.69) is 10.2 Å². The van der Waals surface area contributed by atoms with Crippen LogP contribution < -0.4 is 5.32 Å². The number of sulfonamides is 1. The molecule has 8 heteroatoms. The molecular formula is C20H31N3O4S. The average molecular weight is 410 g/mol. The fourth-order valence-electron chi connectivity index (χ4n) is 3.74. The summed E-state index contributed by atoms with van der Waals surface area (Å²) in [5.41, 5.74) is 0.512. The molecule has 0 bridgehead atoms. The third-order valence-electron chi connectivity index (χ3n) is 5.53. The number of ether oxygens (including phenoxy) is 1. The van der Waals surface area contributed by atoms with E-state index in [0.717, 1.165) is 25.9 Å². The van der Waals surface area contributed by atoms with Gasteiger partial charge in [0.25, 0.3) is 0 Å². The van der Waals surface area contributed by atoms with Crippen molar-refractivity contribution in [2.24, 2.45) is 0 Å². The Hall–Kier alpha value is -1.48. The van der Waals surface area contributed by atoms with E-state index in [4.69, 9.17) is 4.74 Å². The highest BCUT2D eigenvalue weighted by molar-refractivity contribution is 7.89. The Bertz CT molecular complexity index is 754. The Kier molecular flexibility index (Phi) is 7.45. The molecule has 0 radical (unpaired) electrons. The number of likely N-dealkylation sites (tertiary alicyclic amines) is 1. The summed E-state index contributed by atoms with van der Waals surface area (Å²) in [6, 6.07) is 6.28. The van der Waals surface area contributed by atoms with Crippen LogP contribution in [0.15, 0.2) is 29.2 Å². The number of rotatable bonds is 5. The highest BCUT2D eigenvalue weighted by Crippen LogP contribution is 2.21. The molecule has 0 unspecified atom stereocenters. The topological polar surface area (TPSA) is 79.0 Å². The number of hydrogen-bond acceptors (Lipinski definition) is 5. The minimum atomic E-state index is -3.58. The van der Waals surface area contributed by atoms with E-state index in [0.29, 0.717) is 32.0 Å². The van der Waals surface area contributed by atoms with E-state index in [9.17, 15) is 13.2 Å². The second kappa shape index (κ2) is 9.82. The molecule has 1 aromatic rings. The Morgan fingerprint density at radius 2 is 1.68 bits per heavy atom. The van der Waals surface area contributed by atoms with E-state index in [1.807, 2.05) is 6.92 Å². The van der Waals surface area contributed by atoms with Gasteiger partial charge in [0.05, 0.1) is 24.2 Å². The van der Waals surface area contributed by atoms with E-state index >= 15 is 0 Å². The molecule has 2 saturated heterocycles.